The molecule has 0 saturated heterocycles. The van der Waals surface area contributed by atoms with Gasteiger partial charge in [0.1, 0.15) is 5.82 Å². The van der Waals surface area contributed by atoms with E-state index in [9.17, 15) is 9.18 Å². The molecule has 3 heteroatoms. The lowest BCUT2D eigenvalue weighted by Gasteiger charge is -2.05. The van der Waals surface area contributed by atoms with Crippen molar-refractivity contribution in [3.8, 4) is 0 Å². The standard InChI is InChI=1S/C14H16FNO/c15-12-7-11(8-13(16)9-12)14(17)10-5-3-1-2-4-6-10/h5,7-9H,1-4,6,16H2. The van der Waals surface area contributed by atoms with E-state index in [0.29, 0.717) is 11.3 Å². The maximum Gasteiger partial charge on any atom is 0.188 e. The highest BCUT2D eigenvalue weighted by Gasteiger charge is 2.14. The fourth-order valence-corrected chi connectivity index (χ4v) is 2.15. The number of halogens is 1. The van der Waals surface area contributed by atoms with E-state index in [-0.39, 0.29) is 5.78 Å². The van der Waals surface area contributed by atoms with E-state index in [1.807, 2.05) is 6.08 Å². The second-order valence-corrected chi connectivity index (χ2v) is 4.43. The molecule has 0 aromatic heterocycles. The third-order valence-corrected chi connectivity index (χ3v) is 3.01. The monoisotopic (exact) mass is 233 g/mol. The minimum absolute atomic E-state index is 0.0851. The molecule has 17 heavy (non-hydrogen) atoms. The Kier molecular flexibility index (Phi) is 3.57. The summed E-state index contributed by atoms with van der Waals surface area (Å²) in [6.45, 7) is 0. The van der Waals surface area contributed by atoms with Crippen LogP contribution in [0.3, 0.4) is 0 Å². The van der Waals surface area contributed by atoms with Gasteiger partial charge in [-0.15, -0.1) is 0 Å². The van der Waals surface area contributed by atoms with Crippen molar-refractivity contribution in [2.24, 2.45) is 0 Å². The lowest BCUT2D eigenvalue weighted by atomic mass is 9.99. The van der Waals surface area contributed by atoms with Crippen LogP contribution in [0.2, 0.25) is 0 Å². The number of carbonyl (C=O) groups is 1. The van der Waals surface area contributed by atoms with Gasteiger partial charge in [-0.2, -0.15) is 0 Å². The zero-order valence-electron chi connectivity index (χ0n) is 9.71. The van der Waals surface area contributed by atoms with Crippen LogP contribution in [0, 0.1) is 5.82 Å². The van der Waals surface area contributed by atoms with Gasteiger partial charge >= 0.3 is 0 Å². The maximum absolute atomic E-state index is 13.2. The van der Waals surface area contributed by atoms with Crippen molar-refractivity contribution >= 4 is 11.5 Å². The van der Waals surface area contributed by atoms with Crippen LogP contribution in [0.4, 0.5) is 10.1 Å². The summed E-state index contributed by atoms with van der Waals surface area (Å²) in [5.74, 6) is -0.541. The molecular formula is C14H16FNO. The predicted molar refractivity (Wildman–Crippen MR) is 66.3 cm³/mol. The van der Waals surface area contributed by atoms with Gasteiger partial charge in [-0.25, -0.2) is 4.39 Å². The third kappa shape index (κ3) is 2.93. The van der Waals surface area contributed by atoms with Crippen LogP contribution in [-0.2, 0) is 0 Å². The van der Waals surface area contributed by atoms with Crippen LogP contribution in [0.25, 0.3) is 0 Å². The van der Waals surface area contributed by atoms with Crippen LogP contribution in [0.1, 0.15) is 42.5 Å². The molecule has 1 aromatic carbocycles. The first-order valence-corrected chi connectivity index (χ1v) is 5.96. The van der Waals surface area contributed by atoms with Crippen LogP contribution in [0.5, 0.6) is 0 Å². The molecule has 1 aromatic rings. The molecule has 0 spiro atoms. The number of carbonyl (C=O) groups excluding carboxylic acids is 1. The van der Waals surface area contributed by atoms with Gasteiger partial charge in [0.25, 0.3) is 0 Å². The molecule has 0 aliphatic heterocycles. The second-order valence-electron chi connectivity index (χ2n) is 4.43. The molecule has 90 valence electrons. The number of allylic oxidation sites excluding steroid dienone is 2. The molecule has 1 aliphatic rings. The number of nitrogens with two attached hydrogens (primary N) is 1. The molecule has 0 fully saturated rings. The van der Waals surface area contributed by atoms with E-state index in [1.165, 1.54) is 18.2 Å². The zero-order chi connectivity index (χ0) is 12.3. The Balaban J connectivity index is 2.26. The fourth-order valence-electron chi connectivity index (χ4n) is 2.15. The molecule has 2 N–H and O–H groups in total. The summed E-state index contributed by atoms with van der Waals surface area (Å²) in [6.07, 6.45) is 7.01. The van der Waals surface area contributed by atoms with Crippen molar-refractivity contribution in [3.05, 3.63) is 41.2 Å². The van der Waals surface area contributed by atoms with Gasteiger partial charge < -0.3 is 5.73 Å². The first-order valence-electron chi connectivity index (χ1n) is 5.96. The average Bonchev–Trinajstić information content (AvgIpc) is 2.55. The number of rotatable bonds is 2. The molecule has 0 radical (unpaired) electrons. The van der Waals surface area contributed by atoms with Crippen molar-refractivity contribution in [2.75, 3.05) is 5.73 Å². The Morgan fingerprint density at radius 2 is 2.00 bits per heavy atom. The van der Waals surface area contributed by atoms with Gasteiger partial charge in [0, 0.05) is 11.3 Å². The van der Waals surface area contributed by atoms with Crippen LogP contribution >= 0.6 is 0 Å². The first-order chi connectivity index (χ1) is 8.16. The Hall–Kier alpha value is -1.64. The summed E-state index contributed by atoms with van der Waals surface area (Å²) in [7, 11) is 0. The second kappa shape index (κ2) is 5.13. The first kappa shape index (κ1) is 11.8. The molecule has 2 rings (SSSR count). The molecule has 1 aliphatic carbocycles. The van der Waals surface area contributed by atoms with E-state index in [4.69, 9.17) is 5.73 Å². The quantitative estimate of drug-likeness (QED) is 0.627. The largest absolute Gasteiger partial charge is 0.399 e. The van der Waals surface area contributed by atoms with Crippen molar-refractivity contribution < 1.29 is 9.18 Å². The van der Waals surface area contributed by atoms with E-state index in [2.05, 4.69) is 0 Å². The normalized spacial score (nSPS) is 16.2. The Morgan fingerprint density at radius 3 is 2.76 bits per heavy atom. The van der Waals surface area contributed by atoms with Crippen molar-refractivity contribution in [3.63, 3.8) is 0 Å². The predicted octanol–water partition coefficient (Wildman–Crippen LogP) is 3.48. The van der Waals surface area contributed by atoms with Gasteiger partial charge in [0.15, 0.2) is 5.78 Å². The van der Waals surface area contributed by atoms with Crippen molar-refractivity contribution in [2.45, 2.75) is 32.1 Å². The van der Waals surface area contributed by atoms with Crippen LogP contribution in [-0.4, -0.2) is 5.78 Å². The molecule has 0 saturated carbocycles. The number of anilines is 1. The third-order valence-electron chi connectivity index (χ3n) is 3.01. The van der Waals surface area contributed by atoms with Gasteiger partial charge in [-0.1, -0.05) is 12.5 Å². The highest BCUT2D eigenvalue weighted by Crippen LogP contribution is 2.22. The number of nitrogen functional groups attached to an aromatic ring is 1. The van der Waals surface area contributed by atoms with E-state index in [1.54, 1.807) is 0 Å². The Morgan fingerprint density at radius 1 is 1.18 bits per heavy atom. The summed E-state index contributed by atoms with van der Waals surface area (Å²) in [4.78, 5) is 12.2. The summed E-state index contributed by atoms with van der Waals surface area (Å²) in [5.41, 5.74) is 7.00. The lowest BCUT2D eigenvalue weighted by Crippen LogP contribution is -2.05. The van der Waals surface area contributed by atoms with E-state index < -0.39 is 5.82 Å². The van der Waals surface area contributed by atoms with Gasteiger partial charge in [-0.3, -0.25) is 4.79 Å². The Labute approximate surface area is 100 Å². The summed E-state index contributed by atoms with van der Waals surface area (Å²) < 4.78 is 13.2. The number of benzene rings is 1. The SMILES string of the molecule is Nc1cc(F)cc(C(=O)C2=CCCCCC2)c1. The maximum atomic E-state index is 13.2. The summed E-state index contributed by atoms with van der Waals surface area (Å²) in [6, 6.07) is 4.01. The van der Waals surface area contributed by atoms with Crippen LogP contribution < -0.4 is 5.73 Å². The number of ketones is 1. The number of Topliss-reactive ketones (excluding diaryl/α,β-unsaturated/α-hetero) is 1. The smallest absolute Gasteiger partial charge is 0.188 e. The molecule has 0 atom stereocenters. The number of hydrogen-bond acceptors (Lipinski definition) is 2. The zero-order valence-corrected chi connectivity index (χ0v) is 9.71. The van der Waals surface area contributed by atoms with Crippen LogP contribution in [0.15, 0.2) is 29.8 Å². The van der Waals surface area contributed by atoms with Gasteiger partial charge in [-0.05, 0) is 49.5 Å². The highest BCUT2D eigenvalue weighted by atomic mass is 19.1. The number of hydrogen-bond donors (Lipinski definition) is 1. The summed E-state index contributed by atoms with van der Waals surface area (Å²) in [5, 5.41) is 0. The van der Waals surface area contributed by atoms with Gasteiger partial charge in [0.2, 0.25) is 0 Å². The van der Waals surface area contributed by atoms with E-state index >= 15 is 0 Å². The van der Waals surface area contributed by atoms with Crippen molar-refractivity contribution in [1.29, 1.82) is 0 Å². The topological polar surface area (TPSA) is 43.1 Å². The minimum Gasteiger partial charge on any atom is -0.399 e. The molecule has 0 unspecified atom stereocenters. The minimum atomic E-state index is -0.456. The van der Waals surface area contributed by atoms with Gasteiger partial charge in [0.05, 0.1) is 0 Å². The lowest BCUT2D eigenvalue weighted by molar-refractivity contribution is 0.103. The molecule has 0 heterocycles. The van der Waals surface area contributed by atoms with Crippen molar-refractivity contribution in [1.82, 2.24) is 0 Å². The van der Waals surface area contributed by atoms with E-state index in [0.717, 1.165) is 37.7 Å². The molecule has 0 amide bonds. The molecule has 0 bridgehead atoms. The fraction of sp³-hybridized carbons (Fsp3) is 0.357. The summed E-state index contributed by atoms with van der Waals surface area (Å²) >= 11 is 0. The molecule has 2 nitrogen and oxygen atoms in total. The molecular weight excluding hydrogens is 217 g/mol. The average molecular weight is 233 g/mol. The Bertz CT molecular complexity index is 445. The highest BCUT2D eigenvalue weighted by molar-refractivity contribution is 6.09.